The molecule has 0 aromatic carbocycles. The molecule has 0 heterocycles. The summed E-state index contributed by atoms with van der Waals surface area (Å²) in [4.78, 5) is 0. The Kier molecular flexibility index (Phi) is 7.11. The molecule has 0 spiro atoms. The van der Waals surface area contributed by atoms with Crippen LogP contribution in [0.5, 0.6) is 0 Å². The number of hydrogen-bond donors (Lipinski definition) is 1. The van der Waals surface area contributed by atoms with Gasteiger partial charge in [0.25, 0.3) is 0 Å². The Morgan fingerprint density at radius 1 is 0.938 bits per heavy atom. The first-order chi connectivity index (χ1) is 7.83. The third-order valence-electron chi connectivity index (χ3n) is 4.37. The molecular formula is C15H31N. The fourth-order valence-electron chi connectivity index (χ4n) is 2.72. The first-order valence-electron chi connectivity index (χ1n) is 7.54. The highest BCUT2D eigenvalue weighted by Gasteiger charge is 2.34. The maximum Gasteiger partial charge on any atom is 0.000770 e. The van der Waals surface area contributed by atoms with Crippen molar-refractivity contribution in [1.82, 2.24) is 5.32 Å². The van der Waals surface area contributed by atoms with Crippen LogP contribution in [0, 0.1) is 5.41 Å². The molecule has 0 bridgehead atoms. The van der Waals surface area contributed by atoms with Gasteiger partial charge >= 0.3 is 0 Å². The van der Waals surface area contributed by atoms with Gasteiger partial charge in [-0.1, -0.05) is 52.4 Å². The Labute approximate surface area is 102 Å². The Morgan fingerprint density at radius 3 is 2.19 bits per heavy atom. The second-order valence-electron chi connectivity index (χ2n) is 5.65. The Hall–Kier alpha value is -0.0400. The standard InChI is InChI=1S/C15H31N/c1-3-5-6-7-8-9-13-16-14-15(4-2)11-10-12-15/h16H,3-14H2,1-2H3. The van der Waals surface area contributed by atoms with Crippen LogP contribution in [0.15, 0.2) is 0 Å². The van der Waals surface area contributed by atoms with Crippen molar-refractivity contribution < 1.29 is 0 Å². The molecular weight excluding hydrogens is 194 g/mol. The summed E-state index contributed by atoms with van der Waals surface area (Å²) in [6, 6.07) is 0. The number of hydrogen-bond acceptors (Lipinski definition) is 1. The van der Waals surface area contributed by atoms with Crippen LogP contribution in [-0.4, -0.2) is 13.1 Å². The second-order valence-corrected chi connectivity index (χ2v) is 5.65. The number of nitrogens with one attached hydrogen (secondary N) is 1. The van der Waals surface area contributed by atoms with E-state index in [9.17, 15) is 0 Å². The van der Waals surface area contributed by atoms with Gasteiger partial charge in [0.1, 0.15) is 0 Å². The largest absolute Gasteiger partial charge is 0.316 e. The average Bonchev–Trinajstić information content (AvgIpc) is 2.25. The lowest BCUT2D eigenvalue weighted by atomic mass is 9.67. The molecule has 0 saturated heterocycles. The lowest BCUT2D eigenvalue weighted by Crippen LogP contribution is -2.39. The fourth-order valence-corrected chi connectivity index (χ4v) is 2.72. The number of unbranched alkanes of at least 4 members (excludes halogenated alkanes) is 5. The van der Waals surface area contributed by atoms with Crippen LogP contribution >= 0.6 is 0 Å². The lowest BCUT2D eigenvalue weighted by Gasteiger charge is -2.41. The molecule has 1 fully saturated rings. The zero-order chi connectivity index (χ0) is 11.7. The Morgan fingerprint density at radius 2 is 1.62 bits per heavy atom. The first kappa shape index (κ1) is 14.0. The van der Waals surface area contributed by atoms with Gasteiger partial charge in [0.05, 0.1) is 0 Å². The summed E-state index contributed by atoms with van der Waals surface area (Å²) in [6.45, 7) is 7.16. The van der Waals surface area contributed by atoms with Crippen LogP contribution in [0.2, 0.25) is 0 Å². The van der Waals surface area contributed by atoms with Gasteiger partial charge in [-0.3, -0.25) is 0 Å². The van der Waals surface area contributed by atoms with E-state index in [0.29, 0.717) is 5.41 Å². The third-order valence-corrected chi connectivity index (χ3v) is 4.37. The summed E-state index contributed by atoms with van der Waals surface area (Å²) >= 11 is 0. The van der Waals surface area contributed by atoms with Crippen LogP contribution in [-0.2, 0) is 0 Å². The van der Waals surface area contributed by atoms with Crippen molar-refractivity contribution in [3.05, 3.63) is 0 Å². The predicted octanol–water partition coefficient (Wildman–Crippen LogP) is 4.52. The maximum absolute atomic E-state index is 3.67. The van der Waals surface area contributed by atoms with E-state index in [1.165, 1.54) is 77.3 Å². The molecule has 0 atom stereocenters. The van der Waals surface area contributed by atoms with Gasteiger partial charge in [0.2, 0.25) is 0 Å². The zero-order valence-corrected chi connectivity index (χ0v) is 11.5. The molecule has 1 aliphatic carbocycles. The van der Waals surface area contributed by atoms with Crippen molar-refractivity contribution in [2.75, 3.05) is 13.1 Å². The molecule has 1 N–H and O–H groups in total. The van der Waals surface area contributed by atoms with Gasteiger partial charge in [-0.2, -0.15) is 0 Å². The van der Waals surface area contributed by atoms with E-state index in [1.54, 1.807) is 0 Å². The SMILES string of the molecule is CCCCCCCCNCC1(CC)CCC1. The van der Waals surface area contributed by atoms with Crippen molar-refractivity contribution >= 4 is 0 Å². The van der Waals surface area contributed by atoms with Crippen LogP contribution in [0.3, 0.4) is 0 Å². The van der Waals surface area contributed by atoms with Gasteiger partial charge in [-0.25, -0.2) is 0 Å². The van der Waals surface area contributed by atoms with E-state index in [2.05, 4.69) is 19.2 Å². The van der Waals surface area contributed by atoms with Crippen molar-refractivity contribution in [2.24, 2.45) is 5.41 Å². The number of rotatable bonds is 10. The quantitative estimate of drug-likeness (QED) is 0.539. The Bertz CT molecular complexity index is 155. The normalized spacial score (nSPS) is 18.4. The molecule has 1 aliphatic rings. The first-order valence-corrected chi connectivity index (χ1v) is 7.54. The molecule has 1 saturated carbocycles. The molecule has 0 unspecified atom stereocenters. The summed E-state index contributed by atoms with van der Waals surface area (Å²) in [7, 11) is 0. The molecule has 16 heavy (non-hydrogen) atoms. The van der Waals surface area contributed by atoms with Crippen LogP contribution in [0.4, 0.5) is 0 Å². The third kappa shape index (κ3) is 4.86. The van der Waals surface area contributed by atoms with E-state index in [4.69, 9.17) is 0 Å². The van der Waals surface area contributed by atoms with Crippen molar-refractivity contribution in [2.45, 2.75) is 78.1 Å². The minimum Gasteiger partial charge on any atom is -0.316 e. The van der Waals surface area contributed by atoms with E-state index >= 15 is 0 Å². The van der Waals surface area contributed by atoms with Crippen molar-refractivity contribution in [3.63, 3.8) is 0 Å². The van der Waals surface area contributed by atoms with Crippen LogP contribution in [0.1, 0.15) is 78.1 Å². The molecule has 96 valence electrons. The van der Waals surface area contributed by atoms with Gasteiger partial charge < -0.3 is 5.32 Å². The summed E-state index contributed by atoms with van der Waals surface area (Å²) in [6.07, 6.45) is 14.2. The van der Waals surface area contributed by atoms with Gasteiger partial charge in [0.15, 0.2) is 0 Å². The summed E-state index contributed by atoms with van der Waals surface area (Å²) in [5, 5.41) is 3.67. The van der Waals surface area contributed by atoms with Crippen molar-refractivity contribution in [1.29, 1.82) is 0 Å². The molecule has 0 aromatic heterocycles. The minimum atomic E-state index is 0.697. The van der Waals surface area contributed by atoms with E-state index in [1.807, 2.05) is 0 Å². The smallest absolute Gasteiger partial charge is 0.000770 e. The molecule has 0 amide bonds. The highest BCUT2D eigenvalue weighted by molar-refractivity contribution is 4.88. The molecule has 0 aromatic rings. The summed E-state index contributed by atoms with van der Waals surface area (Å²) in [5.74, 6) is 0. The molecule has 1 rings (SSSR count). The lowest BCUT2D eigenvalue weighted by molar-refractivity contribution is 0.124. The van der Waals surface area contributed by atoms with E-state index in [0.717, 1.165) is 0 Å². The molecule has 1 nitrogen and oxygen atoms in total. The van der Waals surface area contributed by atoms with E-state index < -0.39 is 0 Å². The van der Waals surface area contributed by atoms with Gasteiger partial charge in [-0.05, 0) is 37.6 Å². The van der Waals surface area contributed by atoms with Crippen LogP contribution in [0.25, 0.3) is 0 Å². The van der Waals surface area contributed by atoms with Gasteiger partial charge in [-0.15, -0.1) is 0 Å². The highest BCUT2D eigenvalue weighted by atomic mass is 14.9. The second kappa shape index (κ2) is 8.11. The van der Waals surface area contributed by atoms with Gasteiger partial charge in [0, 0.05) is 6.54 Å². The summed E-state index contributed by atoms with van der Waals surface area (Å²) in [5.41, 5.74) is 0.697. The fraction of sp³-hybridized carbons (Fsp3) is 1.00. The molecule has 1 heteroatoms. The molecule has 0 aliphatic heterocycles. The maximum atomic E-state index is 3.67. The van der Waals surface area contributed by atoms with Crippen molar-refractivity contribution in [3.8, 4) is 0 Å². The Balaban J connectivity index is 1.84. The highest BCUT2D eigenvalue weighted by Crippen LogP contribution is 2.42. The summed E-state index contributed by atoms with van der Waals surface area (Å²) < 4.78 is 0. The average molecular weight is 225 g/mol. The predicted molar refractivity (Wildman–Crippen MR) is 72.8 cm³/mol. The minimum absolute atomic E-state index is 0.697. The topological polar surface area (TPSA) is 12.0 Å². The van der Waals surface area contributed by atoms with Crippen LogP contribution < -0.4 is 5.32 Å². The molecule has 0 radical (unpaired) electrons. The monoisotopic (exact) mass is 225 g/mol. The zero-order valence-electron chi connectivity index (χ0n) is 11.5. The van der Waals surface area contributed by atoms with E-state index in [-0.39, 0.29) is 0 Å².